The standard InChI is InChI=1S/C23H23ClN4O6S2/c1-3-34-23(31)16-10-13(2)35-21(16)25-18(29)12-26-6-8-27(9-7-26)22(30)20-19(24)15-5-4-14(28(32)33)11-17(15)36-20/h4-5,10-11H,3,6-9,12H2,1-2H3,(H,25,29). The predicted molar refractivity (Wildman–Crippen MR) is 139 cm³/mol. The number of nitrogens with zero attached hydrogens (tertiary/aromatic N) is 3. The number of esters is 1. The molecule has 2 amide bonds. The highest BCUT2D eigenvalue weighted by Crippen LogP contribution is 2.38. The first-order valence-corrected chi connectivity index (χ1v) is 13.1. The average molecular weight is 551 g/mol. The van der Waals surface area contributed by atoms with Gasteiger partial charge >= 0.3 is 5.97 Å². The van der Waals surface area contributed by atoms with Crippen LogP contribution in [0.2, 0.25) is 5.02 Å². The summed E-state index contributed by atoms with van der Waals surface area (Å²) in [6, 6.07) is 6.04. The van der Waals surface area contributed by atoms with E-state index in [0.717, 1.165) is 16.2 Å². The number of piperazine rings is 1. The number of non-ortho nitro benzene ring substituents is 1. The highest BCUT2D eigenvalue weighted by molar-refractivity contribution is 7.21. The number of carbonyl (C=O) groups excluding carboxylic acids is 3. The monoisotopic (exact) mass is 550 g/mol. The summed E-state index contributed by atoms with van der Waals surface area (Å²) in [5.74, 6) is -0.962. The van der Waals surface area contributed by atoms with E-state index in [1.165, 1.54) is 23.5 Å². The maximum atomic E-state index is 13.1. The van der Waals surface area contributed by atoms with Crippen molar-refractivity contribution in [1.82, 2.24) is 9.80 Å². The Morgan fingerprint density at radius 1 is 1.17 bits per heavy atom. The smallest absolute Gasteiger partial charge is 0.341 e. The zero-order valence-electron chi connectivity index (χ0n) is 19.5. The summed E-state index contributed by atoms with van der Waals surface area (Å²) in [6.45, 7) is 5.73. The van der Waals surface area contributed by atoms with Gasteiger partial charge in [0.05, 0.1) is 28.7 Å². The minimum atomic E-state index is -0.485. The number of ether oxygens (including phenoxy) is 1. The lowest BCUT2D eigenvalue weighted by molar-refractivity contribution is -0.384. The Morgan fingerprint density at radius 3 is 2.56 bits per heavy atom. The molecular formula is C23H23ClN4O6S2. The first-order valence-electron chi connectivity index (χ1n) is 11.1. The van der Waals surface area contributed by atoms with Crippen molar-refractivity contribution in [3.8, 4) is 0 Å². The van der Waals surface area contributed by atoms with E-state index in [2.05, 4.69) is 5.32 Å². The summed E-state index contributed by atoms with van der Waals surface area (Å²) in [5, 5.41) is 15.2. The third kappa shape index (κ3) is 5.51. The molecule has 190 valence electrons. The molecule has 0 aliphatic carbocycles. The van der Waals surface area contributed by atoms with Gasteiger partial charge in [-0.3, -0.25) is 24.6 Å². The molecule has 4 rings (SSSR count). The highest BCUT2D eigenvalue weighted by atomic mass is 35.5. The SMILES string of the molecule is CCOC(=O)c1cc(C)sc1NC(=O)CN1CCN(C(=O)c2sc3cc([N+](=O)[O-])ccc3c2Cl)CC1. The molecule has 0 saturated carbocycles. The number of amides is 2. The maximum absolute atomic E-state index is 13.1. The number of rotatable bonds is 7. The molecule has 3 heterocycles. The van der Waals surface area contributed by atoms with Crippen LogP contribution in [0.1, 0.15) is 31.8 Å². The molecule has 0 bridgehead atoms. The second kappa shape index (κ2) is 10.9. The Bertz CT molecular complexity index is 1350. The fourth-order valence-corrected chi connectivity index (χ4v) is 6.32. The molecular weight excluding hydrogens is 528 g/mol. The number of thiophene rings is 2. The molecule has 0 atom stereocenters. The van der Waals surface area contributed by atoms with Crippen molar-refractivity contribution in [3.63, 3.8) is 0 Å². The number of anilines is 1. The molecule has 1 aliphatic heterocycles. The number of aryl methyl sites for hydroxylation is 1. The van der Waals surface area contributed by atoms with E-state index in [1.807, 2.05) is 11.8 Å². The summed E-state index contributed by atoms with van der Waals surface area (Å²) in [6.07, 6.45) is 0. The van der Waals surface area contributed by atoms with Gasteiger partial charge in [0.25, 0.3) is 11.6 Å². The molecule has 0 radical (unpaired) electrons. The van der Waals surface area contributed by atoms with Gasteiger partial charge in [0.2, 0.25) is 5.91 Å². The van der Waals surface area contributed by atoms with Gasteiger partial charge < -0.3 is 15.0 Å². The van der Waals surface area contributed by atoms with Crippen LogP contribution >= 0.6 is 34.3 Å². The topological polar surface area (TPSA) is 122 Å². The van der Waals surface area contributed by atoms with Crippen molar-refractivity contribution in [1.29, 1.82) is 0 Å². The van der Waals surface area contributed by atoms with Gasteiger partial charge in [-0.25, -0.2) is 4.79 Å². The summed E-state index contributed by atoms with van der Waals surface area (Å²) >= 11 is 8.88. The number of hydrogen-bond acceptors (Lipinski definition) is 9. The van der Waals surface area contributed by atoms with Crippen LogP contribution in [-0.4, -0.2) is 71.8 Å². The van der Waals surface area contributed by atoms with Crippen LogP contribution < -0.4 is 5.32 Å². The zero-order chi connectivity index (χ0) is 26.0. The van der Waals surface area contributed by atoms with Gasteiger partial charge in [-0.2, -0.15) is 0 Å². The number of benzene rings is 1. The fourth-order valence-electron chi connectivity index (χ4n) is 3.89. The summed E-state index contributed by atoms with van der Waals surface area (Å²) in [5.41, 5.74) is 0.284. The van der Waals surface area contributed by atoms with Gasteiger partial charge in [-0.1, -0.05) is 11.6 Å². The van der Waals surface area contributed by atoms with Crippen LogP contribution in [0.25, 0.3) is 10.1 Å². The second-order valence-corrected chi connectivity index (χ2v) is 10.8. The van der Waals surface area contributed by atoms with Gasteiger partial charge in [-0.15, -0.1) is 22.7 Å². The van der Waals surface area contributed by atoms with E-state index in [1.54, 1.807) is 24.0 Å². The summed E-state index contributed by atoms with van der Waals surface area (Å²) in [4.78, 5) is 53.3. The Labute approximate surface area is 219 Å². The molecule has 36 heavy (non-hydrogen) atoms. The second-order valence-electron chi connectivity index (χ2n) is 8.12. The van der Waals surface area contributed by atoms with Crippen LogP contribution in [0.5, 0.6) is 0 Å². The molecule has 2 aromatic heterocycles. The number of carbonyl (C=O) groups is 3. The predicted octanol–water partition coefficient (Wildman–Crippen LogP) is 4.41. The quantitative estimate of drug-likeness (QED) is 0.263. The lowest BCUT2D eigenvalue weighted by Crippen LogP contribution is -2.50. The van der Waals surface area contributed by atoms with Gasteiger partial charge in [-0.05, 0) is 26.0 Å². The molecule has 1 aliphatic rings. The number of nitro benzene ring substituents is 1. The molecule has 3 aromatic rings. The Morgan fingerprint density at radius 2 is 1.89 bits per heavy atom. The fraction of sp³-hybridized carbons (Fsp3) is 0.348. The van der Waals surface area contributed by atoms with E-state index in [4.69, 9.17) is 16.3 Å². The number of hydrogen-bond donors (Lipinski definition) is 1. The lowest BCUT2D eigenvalue weighted by atomic mass is 10.2. The minimum Gasteiger partial charge on any atom is -0.462 e. The van der Waals surface area contributed by atoms with E-state index >= 15 is 0 Å². The molecule has 1 fully saturated rings. The van der Waals surface area contributed by atoms with E-state index in [-0.39, 0.29) is 30.7 Å². The van der Waals surface area contributed by atoms with E-state index in [0.29, 0.717) is 56.7 Å². The lowest BCUT2D eigenvalue weighted by Gasteiger charge is -2.34. The third-order valence-corrected chi connectivity index (χ3v) is 8.26. The largest absolute Gasteiger partial charge is 0.462 e. The first kappa shape index (κ1) is 26.0. The Kier molecular flexibility index (Phi) is 7.88. The van der Waals surface area contributed by atoms with E-state index < -0.39 is 10.9 Å². The molecule has 0 unspecified atom stereocenters. The molecule has 1 aromatic carbocycles. The molecule has 10 nitrogen and oxygen atoms in total. The normalized spacial score (nSPS) is 14.1. The van der Waals surface area contributed by atoms with Crippen LogP contribution in [0.4, 0.5) is 10.7 Å². The van der Waals surface area contributed by atoms with Gasteiger partial charge in [0.1, 0.15) is 9.88 Å². The maximum Gasteiger partial charge on any atom is 0.341 e. The minimum absolute atomic E-state index is 0.0570. The van der Waals surface area contributed by atoms with Crippen molar-refractivity contribution >= 4 is 72.8 Å². The van der Waals surface area contributed by atoms with Crippen LogP contribution in [0.15, 0.2) is 24.3 Å². The molecule has 0 spiro atoms. The number of nitro groups is 1. The van der Waals surface area contributed by atoms with Crippen molar-refractivity contribution in [2.45, 2.75) is 13.8 Å². The van der Waals surface area contributed by atoms with Crippen LogP contribution in [-0.2, 0) is 9.53 Å². The molecule has 13 heteroatoms. The third-order valence-electron chi connectivity index (χ3n) is 5.65. The Balaban J connectivity index is 1.35. The van der Waals surface area contributed by atoms with Crippen LogP contribution in [0, 0.1) is 17.0 Å². The first-order chi connectivity index (χ1) is 17.2. The number of halogens is 1. The van der Waals surface area contributed by atoms with Gasteiger partial charge in [0.15, 0.2) is 0 Å². The molecule has 1 saturated heterocycles. The Hall–Kier alpha value is -3.06. The average Bonchev–Trinajstić information content (AvgIpc) is 3.38. The van der Waals surface area contributed by atoms with Gasteiger partial charge in [0, 0.05) is 53.3 Å². The summed E-state index contributed by atoms with van der Waals surface area (Å²) in [7, 11) is 0. The van der Waals surface area contributed by atoms with Crippen molar-refractivity contribution in [2.75, 3.05) is 44.6 Å². The molecule has 1 N–H and O–H groups in total. The van der Waals surface area contributed by atoms with E-state index in [9.17, 15) is 24.5 Å². The summed E-state index contributed by atoms with van der Waals surface area (Å²) < 4.78 is 5.64. The number of fused-ring (bicyclic) bond motifs is 1. The van der Waals surface area contributed by atoms with Crippen molar-refractivity contribution in [3.05, 3.63) is 54.7 Å². The van der Waals surface area contributed by atoms with Crippen molar-refractivity contribution < 1.29 is 24.0 Å². The van der Waals surface area contributed by atoms with Crippen molar-refractivity contribution in [2.24, 2.45) is 0 Å². The zero-order valence-corrected chi connectivity index (χ0v) is 21.9. The van der Waals surface area contributed by atoms with Crippen LogP contribution in [0.3, 0.4) is 0 Å². The highest BCUT2D eigenvalue weighted by Gasteiger charge is 2.28. The number of nitrogens with one attached hydrogen (secondary N) is 1.